The summed E-state index contributed by atoms with van der Waals surface area (Å²) in [5.74, 6) is -4.22. The van der Waals surface area contributed by atoms with Crippen molar-refractivity contribution >= 4 is 59.8 Å². The summed E-state index contributed by atoms with van der Waals surface area (Å²) in [6.07, 6.45) is -1.71. The average molecular weight is 868 g/mol. The Kier molecular flexibility index (Phi) is 32.5. The van der Waals surface area contributed by atoms with Crippen molar-refractivity contribution in [3.63, 3.8) is 0 Å². The first kappa shape index (κ1) is 56.7. The Balaban J connectivity index is 0. The van der Waals surface area contributed by atoms with Crippen molar-refractivity contribution in [2.75, 3.05) is 60.4 Å². The number of carbonyl (C=O) groups excluding carboxylic acids is 10. The third-order valence-electron chi connectivity index (χ3n) is 7.10. The quantitative estimate of drug-likeness (QED) is 0.0630. The summed E-state index contributed by atoms with van der Waals surface area (Å²) in [6.45, 7) is 5.65. The Labute approximate surface area is 348 Å². The van der Waals surface area contributed by atoms with E-state index >= 15 is 0 Å². The number of hydroxylamine groups is 4. The number of imide groups is 2. The highest BCUT2D eigenvalue weighted by molar-refractivity contribution is 6.02. The molecule has 2 N–H and O–H groups in total. The van der Waals surface area contributed by atoms with Crippen LogP contribution < -0.4 is 5.73 Å². The van der Waals surface area contributed by atoms with Crippen molar-refractivity contribution < 1.29 is 95.5 Å². The Morgan fingerprint density at radius 2 is 0.833 bits per heavy atom. The average Bonchev–Trinajstić information content (AvgIpc) is 3.70. The van der Waals surface area contributed by atoms with Gasteiger partial charge in [-0.05, 0) is 32.2 Å². The maximum Gasteiger partial charge on any atom is 0.534 e. The predicted octanol–water partition coefficient (Wildman–Crippen LogP) is 2.37. The molecule has 0 unspecified atom stereocenters. The third kappa shape index (κ3) is 26.6. The highest BCUT2D eigenvalue weighted by atomic mass is 16.8. The summed E-state index contributed by atoms with van der Waals surface area (Å²) in [5, 5.41) is 0.568. The summed E-state index contributed by atoms with van der Waals surface area (Å²) < 4.78 is 39.7. The molecule has 2 saturated heterocycles. The molecule has 0 spiro atoms. The Hall–Kier alpha value is -5.42. The predicted molar refractivity (Wildman–Crippen MR) is 202 cm³/mol. The van der Waals surface area contributed by atoms with E-state index in [9.17, 15) is 47.9 Å². The number of nitrogens with two attached hydrogens (primary N) is 1. The number of nitrogens with zero attached hydrogens (tertiary/aromatic N) is 2. The molecule has 0 aromatic heterocycles. The lowest BCUT2D eigenvalue weighted by molar-refractivity contribution is -0.179. The zero-order valence-corrected chi connectivity index (χ0v) is 34.2. The third-order valence-corrected chi connectivity index (χ3v) is 7.10. The van der Waals surface area contributed by atoms with Gasteiger partial charge in [-0.3, -0.25) is 48.0 Å². The number of methoxy groups -OCH3 is 2. The van der Waals surface area contributed by atoms with Gasteiger partial charge in [0.1, 0.15) is 38.6 Å². The zero-order chi connectivity index (χ0) is 44.6. The Morgan fingerprint density at radius 1 is 0.533 bits per heavy atom. The molecule has 0 bridgehead atoms. The largest absolute Gasteiger partial charge is 0.534 e. The molecule has 2 fully saturated rings. The molecule has 2 aliphatic rings. The zero-order valence-electron chi connectivity index (χ0n) is 34.2. The number of hydrogen-bond donors (Lipinski definition) is 1. The van der Waals surface area contributed by atoms with Crippen molar-refractivity contribution in [1.29, 1.82) is 0 Å². The summed E-state index contributed by atoms with van der Waals surface area (Å²) in [7, 11) is 2.54. The van der Waals surface area contributed by atoms with Crippen LogP contribution in [0.4, 0.5) is 9.59 Å². The van der Waals surface area contributed by atoms with E-state index in [4.69, 9.17) is 34.2 Å². The monoisotopic (exact) mass is 867 g/mol. The number of amides is 4. The highest BCUT2D eigenvalue weighted by Gasteiger charge is 2.35. The molecule has 2 heterocycles. The minimum absolute atomic E-state index is 0. The lowest BCUT2D eigenvalue weighted by Gasteiger charge is -2.19. The number of rotatable bonds is 24. The van der Waals surface area contributed by atoms with Gasteiger partial charge < -0.3 is 43.6 Å². The van der Waals surface area contributed by atoms with Gasteiger partial charge >= 0.3 is 36.2 Å². The highest BCUT2D eigenvalue weighted by Crippen LogP contribution is 2.14. The summed E-state index contributed by atoms with van der Waals surface area (Å²) in [5.41, 5.74) is 4.85. The van der Waals surface area contributed by atoms with E-state index in [-0.39, 0.29) is 107 Å². The van der Waals surface area contributed by atoms with Gasteiger partial charge in [-0.25, -0.2) is 9.59 Å². The van der Waals surface area contributed by atoms with E-state index in [1.165, 1.54) is 14.2 Å². The SMILES string of the molecule is C.CCCC(=O)OCC(COC(=O)CCC)OCCCC(=O)OC.CCN.COC(=O)CCCOC(COC(=O)ON1C(=O)CCC1=O)COC(=O)ON1C(=O)CCC1=O. The van der Waals surface area contributed by atoms with Crippen LogP contribution in [0.1, 0.15) is 105 Å². The van der Waals surface area contributed by atoms with Crippen LogP contribution in [0.15, 0.2) is 0 Å². The summed E-state index contributed by atoms with van der Waals surface area (Å²) >= 11 is 0. The van der Waals surface area contributed by atoms with Gasteiger partial charge in [0.25, 0.3) is 23.6 Å². The first-order valence-corrected chi connectivity index (χ1v) is 18.9. The van der Waals surface area contributed by atoms with E-state index in [2.05, 4.69) is 19.1 Å². The van der Waals surface area contributed by atoms with Gasteiger partial charge in [-0.15, -0.1) is 0 Å². The molecular weight excluding hydrogens is 806 g/mol. The van der Waals surface area contributed by atoms with Crippen molar-refractivity contribution in [2.24, 2.45) is 5.73 Å². The van der Waals surface area contributed by atoms with Crippen LogP contribution in [0.2, 0.25) is 0 Å². The van der Waals surface area contributed by atoms with E-state index in [1.807, 2.05) is 20.8 Å². The van der Waals surface area contributed by atoms with Gasteiger partial charge in [0, 0.05) is 64.6 Å². The topological polar surface area (TPSA) is 295 Å². The van der Waals surface area contributed by atoms with Gasteiger partial charge in [0.2, 0.25) is 0 Å². The van der Waals surface area contributed by atoms with Crippen LogP contribution in [-0.2, 0) is 85.9 Å². The molecule has 23 nitrogen and oxygen atoms in total. The molecule has 0 aliphatic carbocycles. The second-order valence-electron chi connectivity index (χ2n) is 12.1. The first-order chi connectivity index (χ1) is 28.1. The molecule has 344 valence electrons. The van der Waals surface area contributed by atoms with Crippen LogP contribution in [0.5, 0.6) is 0 Å². The Morgan fingerprint density at radius 3 is 1.12 bits per heavy atom. The van der Waals surface area contributed by atoms with Crippen LogP contribution >= 0.6 is 0 Å². The van der Waals surface area contributed by atoms with Crippen molar-refractivity contribution in [3.05, 3.63) is 0 Å². The fraction of sp³-hybridized carbons (Fsp3) is 0.730. The van der Waals surface area contributed by atoms with E-state index < -0.39 is 67.3 Å². The minimum Gasteiger partial charge on any atom is -0.469 e. The van der Waals surface area contributed by atoms with Gasteiger partial charge in [0.15, 0.2) is 0 Å². The van der Waals surface area contributed by atoms with Crippen molar-refractivity contribution in [1.82, 2.24) is 10.1 Å². The number of hydrogen-bond acceptors (Lipinski definition) is 21. The molecule has 0 saturated carbocycles. The first-order valence-electron chi connectivity index (χ1n) is 18.9. The van der Waals surface area contributed by atoms with Crippen molar-refractivity contribution in [2.45, 2.75) is 117 Å². The molecule has 0 aromatic carbocycles. The van der Waals surface area contributed by atoms with Gasteiger partial charge in [0.05, 0.1) is 14.2 Å². The molecule has 2 rings (SSSR count). The second-order valence-corrected chi connectivity index (χ2v) is 12.1. The standard InChI is InChI=1S/C18H22N2O13.C16H28O7.C2H7N.CH4/c1-28-16(25)3-2-8-29-11(9-30-17(26)32-19-12(21)4-5-13(19)22)10-31-18(27)33-20-14(23)6-7-15(20)24;1-4-7-15(18)22-11-13(12-23-16(19)8-5-2)21-10-6-9-14(17)20-3;1-2-3;/h11H,2-10H2,1H3;13H,4-12H2,1-3H3;2-3H2,1H3;1H4. The smallest absolute Gasteiger partial charge is 0.469 e. The molecule has 0 aromatic rings. The molecular formula is C37H61N3O20. The fourth-order valence-electron chi connectivity index (χ4n) is 4.19. The van der Waals surface area contributed by atoms with Crippen molar-refractivity contribution in [3.8, 4) is 0 Å². The molecule has 4 amide bonds. The second kappa shape index (κ2) is 34.4. The maximum absolute atomic E-state index is 11.8. The fourth-order valence-corrected chi connectivity index (χ4v) is 4.19. The van der Waals surface area contributed by atoms with Crippen LogP contribution in [0, 0.1) is 0 Å². The molecule has 2 aliphatic heterocycles. The van der Waals surface area contributed by atoms with E-state index in [1.54, 1.807) is 0 Å². The summed E-state index contributed by atoms with van der Waals surface area (Å²) in [4.78, 5) is 123. The lowest BCUT2D eigenvalue weighted by atomic mass is 10.3. The maximum atomic E-state index is 11.8. The number of esters is 4. The molecule has 0 atom stereocenters. The number of carbonyl (C=O) groups is 10. The van der Waals surface area contributed by atoms with Crippen LogP contribution in [0.3, 0.4) is 0 Å². The van der Waals surface area contributed by atoms with E-state index in [0.717, 1.165) is 6.54 Å². The van der Waals surface area contributed by atoms with Crippen LogP contribution in [-0.4, -0.2) is 143 Å². The number of ether oxygens (including phenoxy) is 8. The minimum atomic E-state index is -1.38. The Bertz CT molecular complexity index is 1270. The normalized spacial score (nSPS) is 13.0. The van der Waals surface area contributed by atoms with Crippen LogP contribution in [0.25, 0.3) is 0 Å². The molecule has 23 heteroatoms. The lowest BCUT2D eigenvalue weighted by Crippen LogP contribution is -2.36. The van der Waals surface area contributed by atoms with Gasteiger partial charge in [-0.1, -0.05) is 38.3 Å². The molecule has 0 radical (unpaired) electrons. The molecule has 60 heavy (non-hydrogen) atoms. The van der Waals surface area contributed by atoms with Gasteiger partial charge in [-0.2, -0.15) is 0 Å². The summed E-state index contributed by atoms with van der Waals surface area (Å²) in [6, 6.07) is 0. The van der Waals surface area contributed by atoms with E-state index in [0.29, 0.717) is 32.1 Å².